The summed E-state index contributed by atoms with van der Waals surface area (Å²) in [6.45, 7) is 9.71. The number of hydrogen-bond acceptors (Lipinski definition) is 3. The second-order valence-corrected chi connectivity index (χ2v) is 5.00. The predicted octanol–water partition coefficient (Wildman–Crippen LogP) is 3.26. The molecule has 0 aliphatic rings. The Morgan fingerprint density at radius 3 is 3.00 bits per heavy atom. The van der Waals surface area contributed by atoms with Gasteiger partial charge in [-0.25, -0.2) is 0 Å². The molecule has 1 N–H and O–H groups in total. The van der Waals surface area contributed by atoms with Crippen LogP contribution >= 0.6 is 11.3 Å². The minimum absolute atomic E-state index is 0.703. The van der Waals surface area contributed by atoms with Crippen molar-refractivity contribution >= 4 is 11.3 Å². The summed E-state index contributed by atoms with van der Waals surface area (Å²) in [6, 6.07) is 2.25. The van der Waals surface area contributed by atoms with Gasteiger partial charge in [-0.1, -0.05) is 19.1 Å². The monoisotopic (exact) mass is 239 g/mol. The molecule has 1 aromatic heterocycles. The zero-order chi connectivity index (χ0) is 11.8. The molecule has 0 bridgehead atoms. The van der Waals surface area contributed by atoms with E-state index in [1.165, 1.54) is 15.3 Å². The van der Waals surface area contributed by atoms with E-state index in [9.17, 15) is 0 Å². The number of ether oxygens (including phenoxy) is 1. The van der Waals surface area contributed by atoms with Crippen LogP contribution in [-0.4, -0.2) is 13.2 Å². The summed E-state index contributed by atoms with van der Waals surface area (Å²) >= 11 is 1.86. The van der Waals surface area contributed by atoms with Gasteiger partial charge in [0.15, 0.2) is 0 Å². The fourth-order valence-electron chi connectivity index (χ4n) is 1.40. The summed E-state index contributed by atoms with van der Waals surface area (Å²) in [6.07, 6.45) is 4.04. The average Bonchev–Trinajstić information content (AvgIpc) is 2.63. The highest BCUT2D eigenvalue weighted by molar-refractivity contribution is 7.12. The second kappa shape index (κ2) is 7.60. The Balaban J connectivity index is 2.43. The summed E-state index contributed by atoms with van der Waals surface area (Å²) in [5, 5.41) is 3.34. The van der Waals surface area contributed by atoms with Gasteiger partial charge in [-0.05, 0) is 32.0 Å². The molecular weight excluding hydrogens is 218 g/mol. The van der Waals surface area contributed by atoms with E-state index < -0.39 is 0 Å². The van der Waals surface area contributed by atoms with Crippen LogP contribution in [0, 0.1) is 6.92 Å². The van der Waals surface area contributed by atoms with Crippen LogP contribution in [0.1, 0.15) is 29.2 Å². The zero-order valence-electron chi connectivity index (χ0n) is 10.4. The van der Waals surface area contributed by atoms with Crippen molar-refractivity contribution in [2.75, 3.05) is 13.2 Å². The van der Waals surface area contributed by atoms with Crippen LogP contribution in [0.4, 0.5) is 0 Å². The number of nitrogens with one attached hydrogen (secondary N) is 1. The van der Waals surface area contributed by atoms with E-state index in [1.54, 1.807) is 0 Å². The van der Waals surface area contributed by atoms with E-state index in [4.69, 9.17) is 4.74 Å². The predicted molar refractivity (Wildman–Crippen MR) is 70.9 cm³/mol. The maximum atomic E-state index is 5.56. The third kappa shape index (κ3) is 4.47. The SMILES string of the molecule is C/C=C/COCc1cc(CNCC)sc1C. The molecule has 16 heavy (non-hydrogen) atoms. The molecule has 1 aromatic rings. The molecule has 0 radical (unpaired) electrons. The first-order chi connectivity index (χ1) is 7.77. The average molecular weight is 239 g/mol. The summed E-state index contributed by atoms with van der Waals surface area (Å²) in [5.41, 5.74) is 1.32. The lowest BCUT2D eigenvalue weighted by Gasteiger charge is -1.99. The number of hydrogen-bond donors (Lipinski definition) is 1. The van der Waals surface area contributed by atoms with E-state index in [0.29, 0.717) is 6.61 Å². The highest BCUT2D eigenvalue weighted by atomic mass is 32.1. The molecule has 0 atom stereocenters. The molecule has 0 saturated heterocycles. The van der Waals surface area contributed by atoms with E-state index >= 15 is 0 Å². The number of thiophene rings is 1. The van der Waals surface area contributed by atoms with Crippen molar-refractivity contribution < 1.29 is 4.74 Å². The van der Waals surface area contributed by atoms with Crippen LogP contribution in [0.25, 0.3) is 0 Å². The Labute approximate surface area is 102 Å². The summed E-state index contributed by atoms with van der Waals surface area (Å²) < 4.78 is 5.56. The van der Waals surface area contributed by atoms with Crippen LogP contribution in [0.2, 0.25) is 0 Å². The topological polar surface area (TPSA) is 21.3 Å². The van der Waals surface area contributed by atoms with Crippen molar-refractivity contribution in [3.05, 3.63) is 33.5 Å². The highest BCUT2D eigenvalue weighted by Crippen LogP contribution is 2.22. The Kier molecular flexibility index (Phi) is 6.38. The van der Waals surface area contributed by atoms with Gasteiger partial charge in [0.25, 0.3) is 0 Å². The Morgan fingerprint density at radius 1 is 1.50 bits per heavy atom. The Hall–Kier alpha value is -0.640. The van der Waals surface area contributed by atoms with Gasteiger partial charge < -0.3 is 10.1 Å². The van der Waals surface area contributed by atoms with Crippen molar-refractivity contribution in [2.45, 2.75) is 33.9 Å². The van der Waals surface area contributed by atoms with Gasteiger partial charge in [0.05, 0.1) is 13.2 Å². The van der Waals surface area contributed by atoms with Gasteiger partial charge in [0.1, 0.15) is 0 Å². The lowest BCUT2D eigenvalue weighted by Crippen LogP contribution is -2.10. The summed E-state index contributed by atoms with van der Waals surface area (Å²) in [5.74, 6) is 0. The molecule has 0 aromatic carbocycles. The quantitative estimate of drug-likeness (QED) is 0.582. The molecule has 0 unspecified atom stereocenters. The number of allylic oxidation sites excluding steroid dienone is 1. The molecule has 2 nitrogen and oxygen atoms in total. The Morgan fingerprint density at radius 2 is 2.31 bits per heavy atom. The minimum Gasteiger partial charge on any atom is -0.373 e. The molecule has 0 spiro atoms. The van der Waals surface area contributed by atoms with E-state index in [0.717, 1.165) is 19.7 Å². The normalized spacial score (nSPS) is 11.4. The van der Waals surface area contributed by atoms with Crippen LogP contribution in [0.15, 0.2) is 18.2 Å². The zero-order valence-corrected chi connectivity index (χ0v) is 11.2. The minimum atomic E-state index is 0.703. The van der Waals surface area contributed by atoms with Crippen LogP contribution in [0.5, 0.6) is 0 Å². The lowest BCUT2D eigenvalue weighted by molar-refractivity contribution is 0.148. The smallest absolute Gasteiger partial charge is 0.0731 e. The third-order valence-corrected chi connectivity index (χ3v) is 3.42. The van der Waals surface area contributed by atoms with Crippen molar-refractivity contribution in [3.63, 3.8) is 0 Å². The molecular formula is C13H21NOS. The number of rotatable bonds is 7. The van der Waals surface area contributed by atoms with Gasteiger partial charge in [-0.15, -0.1) is 11.3 Å². The maximum Gasteiger partial charge on any atom is 0.0731 e. The molecule has 3 heteroatoms. The molecule has 0 aliphatic heterocycles. The van der Waals surface area contributed by atoms with Gasteiger partial charge in [-0.2, -0.15) is 0 Å². The first kappa shape index (κ1) is 13.4. The molecule has 90 valence electrons. The first-order valence-electron chi connectivity index (χ1n) is 5.75. The van der Waals surface area contributed by atoms with Crippen LogP contribution in [0.3, 0.4) is 0 Å². The lowest BCUT2D eigenvalue weighted by atomic mass is 10.2. The first-order valence-corrected chi connectivity index (χ1v) is 6.57. The van der Waals surface area contributed by atoms with Crippen molar-refractivity contribution in [2.24, 2.45) is 0 Å². The summed E-state index contributed by atoms with van der Waals surface area (Å²) in [4.78, 5) is 2.76. The molecule has 1 rings (SSSR count). The van der Waals surface area contributed by atoms with Crippen LogP contribution in [-0.2, 0) is 17.9 Å². The van der Waals surface area contributed by atoms with E-state index in [2.05, 4.69) is 25.2 Å². The van der Waals surface area contributed by atoms with E-state index in [1.807, 2.05) is 30.4 Å². The largest absolute Gasteiger partial charge is 0.373 e. The van der Waals surface area contributed by atoms with Crippen LogP contribution < -0.4 is 5.32 Å². The molecule has 0 amide bonds. The van der Waals surface area contributed by atoms with Crippen molar-refractivity contribution in [1.29, 1.82) is 0 Å². The maximum absolute atomic E-state index is 5.56. The Bertz CT molecular complexity index is 331. The highest BCUT2D eigenvalue weighted by Gasteiger charge is 2.04. The summed E-state index contributed by atoms with van der Waals surface area (Å²) in [7, 11) is 0. The second-order valence-electron chi connectivity index (χ2n) is 3.66. The molecule has 0 fully saturated rings. The van der Waals surface area contributed by atoms with E-state index in [-0.39, 0.29) is 0 Å². The van der Waals surface area contributed by atoms with Gasteiger partial charge in [-0.3, -0.25) is 0 Å². The molecule has 1 heterocycles. The third-order valence-electron chi connectivity index (χ3n) is 2.33. The molecule has 0 aliphatic carbocycles. The van der Waals surface area contributed by atoms with Gasteiger partial charge in [0, 0.05) is 16.3 Å². The molecule has 0 saturated carbocycles. The van der Waals surface area contributed by atoms with Crippen molar-refractivity contribution in [1.82, 2.24) is 5.32 Å². The standard InChI is InChI=1S/C13H21NOS/c1-4-6-7-15-10-12-8-13(9-14-5-2)16-11(12)3/h4,6,8,14H,5,7,9-10H2,1-3H3/b6-4+. The number of aryl methyl sites for hydroxylation is 1. The fourth-order valence-corrected chi connectivity index (χ4v) is 2.42. The van der Waals surface area contributed by atoms with Gasteiger partial charge in [0.2, 0.25) is 0 Å². The fraction of sp³-hybridized carbons (Fsp3) is 0.538. The van der Waals surface area contributed by atoms with Gasteiger partial charge >= 0.3 is 0 Å². The van der Waals surface area contributed by atoms with Crippen molar-refractivity contribution in [3.8, 4) is 0 Å².